The summed E-state index contributed by atoms with van der Waals surface area (Å²) in [7, 11) is -0.203. The average Bonchev–Trinajstić information content (AvgIpc) is 3.13. The maximum Gasteiger partial charge on any atom is 0.251 e. The number of benzene rings is 2. The number of aryl methyl sites for hydroxylation is 2. The Morgan fingerprint density at radius 3 is 2.41 bits per heavy atom. The number of rotatable bonds is 4. The Hall–Kier alpha value is -2.20. The fourth-order valence-corrected chi connectivity index (χ4v) is 6.78. The van der Waals surface area contributed by atoms with E-state index >= 15 is 0 Å². The first-order valence-corrected chi connectivity index (χ1v) is 12.8. The van der Waals surface area contributed by atoms with Gasteiger partial charge in [-0.15, -0.1) is 0 Å². The van der Waals surface area contributed by atoms with Gasteiger partial charge in [0.05, 0.1) is 27.2 Å². The lowest BCUT2D eigenvalue weighted by Gasteiger charge is -2.29. The molecule has 1 amide bonds. The van der Waals surface area contributed by atoms with Gasteiger partial charge in [-0.3, -0.25) is 4.79 Å². The van der Waals surface area contributed by atoms with Crippen molar-refractivity contribution in [3.8, 4) is 5.75 Å². The van der Waals surface area contributed by atoms with E-state index in [9.17, 15) is 13.2 Å². The Bertz CT molecular complexity index is 1340. The quantitative estimate of drug-likeness (QED) is 0.554. The molecule has 10 heteroatoms. The summed E-state index contributed by atoms with van der Waals surface area (Å²) in [6.45, 7) is 2.56. The minimum Gasteiger partial charge on any atom is -0.497 e. The summed E-state index contributed by atoms with van der Waals surface area (Å²) >= 11 is 7.72. The average molecular weight is 494 g/mol. The summed E-state index contributed by atoms with van der Waals surface area (Å²) < 4.78 is 35.2. The van der Waals surface area contributed by atoms with Gasteiger partial charge in [-0.2, -0.15) is 9.30 Å². The highest BCUT2D eigenvalue weighted by Crippen LogP contribution is 2.29. The summed E-state index contributed by atoms with van der Waals surface area (Å²) in [6, 6.07) is 10.1. The van der Waals surface area contributed by atoms with Crippen LogP contribution in [0.2, 0.25) is 5.02 Å². The minimum absolute atomic E-state index is 0.220. The molecule has 1 saturated heterocycles. The summed E-state index contributed by atoms with van der Waals surface area (Å²) in [5.74, 6) is 0.0716. The molecule has 0 spiro atoms. The second-order valence-corrected chi connectivity index (χ2v) is 11.1. The van der Waals surface area contributed by atoms with E-state index in [4.69, 9.17) is 16.3 Å². The van der Waals surface area contributed by atoms with Gasteiger partial charge in [0, 0.05) is 26.1 Å². The van der Waals surface area contributed by atoms with Crippen LogP contribution in [0.5, 0.6) is 5.75 Å². The van der Waals surface area contributed by atoms with Crippen LogP contribution in [0.1, 0.15) is 18.4 Å². The summed E-state index contributed by atoms with van der Waals surface area (Å²) in [5.41, 5.74) is 2.03. The minimum atomic E-state index is -3.61. The van der Waals surface area contributed by atoms with Gasteiger partial charge >= 0.3 is 0 Å². The molecule has 0 radical (unpaired) electrons. The lowest BCUT2D eigenvalue weighted by atomic mass is 9.98. The van der Waals surface area contributed by atoms with Crippen LogP contribution in [-0.4, -0.2) is 43.4 Å². The number of ether oxygens (including phenoxy) is 1. The van der Waals surface area contributed by atoms with Gasteiger partial charge in [-0.25, -0.2) is 8.42 Å². The Kier molecular flexibility index (Phi) is 6.44. The van der Waals surface area contributed by atoms with E-state index in [-0.39, 0.29) is 29.8 Å². The molecule has 3 aromatic rings. The number of amides is 1. The number of nitrogens with zero attached hydrogens (tertiary/aromatic N) is 3. The van der Waals surface area contributed by atoms with E-state index in [1.165, 1.54) is 34.9 Å². The molecular weight excluding hydrogens is 470 g/mol. The van der Waals surface area contributed by atoms with E-state index < -0.39 is 10.0 Å². The Balaban J connectivity index is 1.50. The molecule has 4 rings (SSSR count). The van der Waals surface area contributed by atoms with Gasteiger partial charge in [-0.1, -0.05) is 29.0 Å². The van der Waals surface area contributed by atoms with Crippen molar-refractivity contribution in [3.05, 3.63) is 51.8 Å². The van der Waals surface area contributed by atoms with E-state index in [1.807, 2.05) is 30.7 Å². The van der Waals surface area contributed by atoms with Crippen molar-refractivity contribution in [2.75, 3.05) is 20.2 Å². The largest absolute Gasteiger partial charge is 0.497 e. The van der Waals surface area contributed by atoms with Crippen molar-refractivity contribution in [2.24, 2.45) is 18.0 Å². The number of halogens is 1. The number of hydrogen-bond acceptors (Lipinski definition) is 5. The normalized spacial score (nSPS) is 16.6. The highest BCUT2D eigenvalue weighted by atomic mass is 35.5. The molecule has 32 heavy (non-hydrogen) atoms. The monoisotopic (exact) mass is 493 g/mol. The van der Waals surface area contributed by atoms with Crippen molar-refractivity contribution >= 4 is 49.1 Å². The molecule has 1 aliphatic rings. The highest BCUT2D eigenvalue weighted by molar-refractivity contribution is 7.89. The second-order valence-electron chi connectivity index (χ2n) is 7.79. The molecule has 2 aromatic carbocycles. The third kappa shape index (κ3) is 4.22. The SMILES string of the molecule is COc1ccc(S(=O)(=O)N2CCC(C(=O)N=c3sc4c(Cl)ccc(C)c4n3C)CC2)cc1. The van der Waals surface area contributed by atoms with Crippen LogP contribution in [0.25, 0.3) is 10.2 Å². The van der Waals surface area contributed by atoms with Crippen LogP contribution < -0.4 is 9.54 Å². The van der Waals surface area contributed by atoms with Gasteiger partial charge < -0.3 is 9.30 Å². The Morgan fingerprint density at radius 2 is 1.81 bits per heavy atom. The maximum absolute atomic E-state index is 12.9. The third-order valence-corrected chi connectivity index (χ3v) is 9.31. The van der Waals surface area contributed by atoms with Crippen molar-refractivity contribution in [3.63, 3.8) is 0 Å². The van der Waals surface area contributed by atoms with E-state index in [1.54, 1.807) is 12.1 Å². The number of fused-ring (bicyclic) bond motifs is 1. The lowest BCUT2D eigenvalue weighted by molar-refractivity contribution is -0.122. The summed E-state index contributed by atoms with van der Waals surface area (Å²) in [4.78, 5) is 18.1. The molecule has 0 bridgehead atoms. The molecule has 2 heterocycles. The Labute approximate surface area is 196 Å². The summed E-state index contributed by atoms with van der Waals surface area (Å²) in [6.07, 6.45) is 0.873. The first-order chi connectivity index (χ1) is 15.2. The molecule has 170 valence electrons. The Morgan fingerprint density at radius 1 is 1.16 bits per heavy atom. The highest BCUT2D eigenvalue weighted by Gasteiger charge is 2.32. The van der Waals surface area contributed by atoms with Gasteiger partial charge in [0.1, 0.15) is 5.75 Å². The zero-order chi connectivity index (χ0) is 23.0. The number of sulfonamides is 1. The number of methoxy groups -OCH3 is 1. The van der Waals surface area contributed by atoms with Gasteiger partial charge in [-0.05, 0) is 55.7 Å². The number of carbonyl (C=O) groups excluding carboxylic acids is 1. The molecule has 7 nitrogen and oxygen atoms in total. The molecule has 1 fully saturated rings. The van der Waals surface area contributed by atoms with Gasteiger partial charge in [0.15, 0.2) is 4.80 Å². The molecule has 0 N–H and O–H groups in total. The second kappa shape index (κ2) is 8.97. The van der Waals surface area contributed by atoms with Crippen LogP contribution in [-0.2, 0) is 21.9 Å². The number of thiazole rings is 1. The topological polar surface area (TPSA) is 81.0 Å². The fourth-order valence-electron chi connectivity index (χ4n) is 3.94. The molecule has 1 aliphatic heterocycles. The van der Waals surface area contributed by atoms with Crippen molar-refractivity contribution < 1.29 is 17.9 Å². The fraction of sp³-hybridized carbons (Fsp3) is 0.364. The standard InChI is InChI=1S/C22H24ClN3O4S2/c1-14-4-9-18(23)20-19(14)25(2)22(31-20)24-21(27)15-10-12-26(13-11-15)32(28,29)17-7-5-16(30-3)6-8-17/h4-9,15H,10-13H2,1-3H3. The van der Waals surface area contributed by atoms with E-state index in [0.717, 1.165) is 15.8 Å². The molecule has 1 aromatic heterocycles. The maximum atomic E-state index is 12.9. The first kappa shape index (κ1) is 23.0. The molecular formula is C22H24ClN3O4S2. The lowest BCUT2D eigenvalue weighted by Crippen LogP contribution is -2.40. The van der Waals surface area contributed by atoms with Crippen LogP contribution >= 0.6 is 22.9 Å². The molecule has 0 saturated carbocycles. The molecule has 0 unspecified atom stereocenters. The third-order valence-electron chi connectivity index (χ3n) is 5.81. The zero-order valence-corrected chi connectivity index (χ0v) is 20.4. The number of aromatic nitrogens is 1. The summed E-state index contributed by atoms with van der Waals surface area (Å²) in [5, 5.41) is 0.636. The van der Waals surface area contributed by atoms with E-state index in [2.05, 4.69) is 4.99 Å². The van der Waals surface area contributed by atoms with Crippen LogP contribution in [0, 0.1) is 12.8 Å². The first-order valence-electron chi connectivity index (χ1n) is 10.2. The number of carbonyl (C=O) groups is 1. The van der Waals surface area contributed by atoms with Crippen LogP contribution in [0.3, 0.4) is 0 Å². The van der Waals surface area contributed by atoms with Gasteiger partial charge in [0.2, 0.25) is 10.0 Å². The van der Waals surface area contributed by atoms with Gasteiger partial charge in [0.25, 0.3) is 5.91 Å². The molecule has 0 atom stereocenters. The van der Waals surface area contributed by atoms with Crippen molar-refractivity contribution in [1.82, 2.24) is 8.87 Å². The van der Waals surface area contributed by atoms with Crippen LogP contribution in [0.4, 0.5) is 0 Å². The predicted molar refractivity (Wildman–Crippen MR) is 126 cm³/mol. The predicted octanol–water partition coefficient (Wildman–Crippen LogP) is 3.74. The smallest absolute Gasteiger partial charge is 0.251 e. The number of piperidine rings is 1. The van der Waals surface area contributed by atoms with Crippen molar-refractivity contribution in [2.45, 2.75) is 24.7 Å². The van der Waals surface area contributed by atoms with E-state index in [0.29, 0.717) is 28.4 Å². The number of hydrogen-bond donors (Lipinski definition) is 0. The molecule has 0 aliphatic carbocycles. The van der Waals surface area contributed by atoms with Crippen LogP contribution in [0.15, 0.2) is 46.3 Å². The zero-order valence-electron chi connectivity index (χ0n) is 18.0. The van der Waals surface area contributed by atoms with Crippen molar-refractivity contribution in [1.29, 1.82) is 0 Å².